The smallest absolute Gasteiger partial charge is 0.253 e. The molecule has 4 heterocycles. The largest absolute Gasteiger partial charge is 0.352 e. The summed E-state index contributed by atoms with van der Waals surface area (Å²) in [5.74, 6) is 1.55. The van der Waals surface area contributed by atoms with Crippen molar-refractivity contribution in [1.29, 1.82) is 0 Å². The van der Waals surface area contributed by atoms with Gasteiger partial charge in [0.15, 0.2) is 11.6 Å². The Morgan fingerprint density at radius 1 is 0.812 bits per heavy atom. The normalized spacial score (nSPS) is 13.8. The molecule has 1 amide bonds. The van der Waals surface area contributed by atoms with Gasteiger partial charge in [0, 0.05) is 67.9 Å². The van der Waals surface area contributed by atoms with Gasteiger partial charge in [0.05, 0.1) is 0 Å². The fourth-order valence-electron chi connectivity index (χ4n) is 3.75. The molecule has 1 saturated heterocycles. The van der Waals surface area contributed by atoms with Crippen LogP contribution in [0.3, 0.4) is 0 Å². The molecule has 0 radical (unpaired) electrons. The maximum Gasteiger partial charge on any atom is 0.253 e. The standard InChI is InChI=1S/C24H23N7O/c32-24(19-3-5-21(6-4-19)29-13-1-2-14-29)31-17-15-30(16-18-31)23-8-7-22(27-28-23)26-20-9-11-25-12-10-20/h1-14H,15-18H2,(H,25,26,27). The van der Waals surface area contributed by atoms with Gasteiger partial charge in [-0.15, -0.1) is 10.2 Å². The summed E-state index contributed by atoms with van der Waals surface area (Å²) in [4.78, 5) is 21.0. The average Bonchev–Trinajstić information content (AvgIpc) is 3.40. The summed E-state index contributed by atoms with van der Waals surface area (Å²) < 4.78 is 2.02. The highest BCUT2D eigenvalue weighted by atomic mass is 16.2. The summed E-state index contributed by atoms with van der Waals surface area (Å²) in [5.41, 5.74) is 2.66. The summed E-state index contributed by atoms with van der Waals surface area (Å²) in [6, 6.07) is 19.3. The molecule has 4 aromatic rings. The third-order valence-corrected chi connectivity index (χ3v) is 5.51. The van der Waals surface area contributed by atoms with Gasteiger partial charge in [-0.1, -0.05) is 0 Å². The number of piperazine rings is 1. The summed E-state index contributed by atoms with van der Waals surface area (Å²) in [6.45, 7) is 2.74. The van der Waals surface area contributed by atoms with E-state index in [1.165, 1.54) is 0 Å². The lowest BCUT2D eigenvalue weighted by molar-refractivity contribution is 0.0746. The van der Waals surface area contributed by atoms with Crippen LogP contribution in [0.2, 0.25) is 0 Å². The van der Waals surface area contributed by atoms with Gasteiger partial charge in [-0.25, -0.2) is 0 Å². The van der Waals surface area contributed by atoms with Crippen LogP contribution >= 0.6 is 0 Å². The van der Waals surface area contributed by atoms with Crippen LogP contribution < -0.4 is 10.2 Å². The van der Waals surface area contributed by atoms with Crippen molar-refractivity contribution in [1.82, 2.24) is 24.6 Å². The molecule has 0 spiro atoms. The molecule has 1 aliphatic heterocycles. The number of benzene rings is 1. The summed E-state index contributed by atoms with van der Waals surface area (Å²) in [7, 11) is 0. The van der Waals surface area contributed by atoms with E-state index in [2.05, 4.69) is 25.4 Å². The van der Waals surface area contributed by atoms with Gasteiger partial charge in [-0.2, -0.15) is 0 Å². The second-order valence-electron chi connectivity index (χ2n) is 7.55. The lowest BCUT2D eigenvalue weighted by Gasteiger charge is -2.35. The Kier molecular flexibility index (Phi) is 5.48. The first-order chi connectivity index (χ1) is 15.8. The molecule has 160 valence electrons. The molecule has 32 heavy (non-hydrogen) atoms. The van der Waals surface area contributed by atoms with E-state index in [4.69, 9.17) is 0 Å². The van der Waals surface area contributed by atoms with Crippen LogP contribution in [0.5, 0.6) is 0 Å². The van der Waals surface area contributed by atoms with Gasteiger partial charge in [0.25, 0.3) is 5.91 Å². The van der Waals surface area contributed by atoms with Crippen LogP contribution in [0.4, 0.5) is 17.3 Å². The molecule has 5 rings (SSSR count). The van der Waals surface area contributed by atoms with Crippen molar-refractivity contribution >= 4 is 23.2 Å². The molecule has 8 heteroatoms. The lowest BCUT2D eigenvalue weighted by atomic mass is 10.1. The minimum absolute atomic E-state index is 0.0617. The zero-order chi connectivity index (χ0) is 21.8. The van der Waals surface area contributed by atoms with E-state index in [9.17, 15) is 4.79 Å². The number of rotatable bonds is 5. The number of pyridine rings is 1. The molecule has 1 N–H and O–H groups in total. The third kappa shape index (κ3) is 4.29. The topological polar surface area (TPSA) is 79.2 Å². The predicted molar refractivity (Wildman–Crippen MR) is 123 cm³/mol. The highest BCUT2D eigenvalue weighted by molar-refractivity contribution is 5.94. The van der Waals surface area contributed by atoms with E-state index in [0.29, 0.717) is 24.5 Å². The molecule has 0 aliphatic carbocycles. The number of aromatic nitrogens is 4. The van der Waals surface area contributed by atoms with Crippen LogP contribution in [0, 0.1) is 0 Å². The lowest BCUT2D eigenvalue weighted by Crippen LogP contribution is -2.49. The van der Waals surface area contributed by atoms with Crippen LogP contribution in [-0.2, 0) is 0 Å². The first-order valence-corrected chi connectivity index (χ1v) is 10.5. The molecule has 8 nitrogen and oxygen atoms in total. The number of carbonyl (C=O) groups excluding carboxylic acids is 1. The molecule has 3 aromatic heterocycles. The Bertz CT molecular complexity index is 1150. The van der Waals surface area contributed by atoms with Gasteiger partial charge < -0.3 is 19.7 Å². The van der Waals surface area contributed by atoms with Crippen molar-refractivity contribution in [2.75, 3.05) is 36.4 Å². The second-order valence-corrected chi connectivity index (χ2v) is 7.55. The molecular weight excluding hydrogens is 402 g/mol. The van der Waals surface area contributed by atoms with E-state index in [-0.39, 0.29) is 5.91 Å². The van der Waals surface area contributed by atoms with E-state index in [1.54, 1.807) is 12.4 Å². The van der Waals surface area contributed by atoms with Gasteiger partial charge in [-0.3, -0.25) is 9.78 Å². The number of nitrogens with one attached hydrogen (secondary N) is 1. The highest BCUT2D eigenvalue weighted by Crippen LogP contribution is 2.18. The van der Waals surface area contributed by atoms with Crippen molar-refractivity contribution in [3.8, 4) is 5.69 Å². The monoisotopic (exact) mass is 425 g/mol. The third-order valence-electron chi connectivity index (χ3n) is 5.51. The fourth-order valence-corrected chi connectivity index (χ4v) is 3.75. The second kappa shape index (κ2) is 8.89. The maximum absolute atomic E-state index is 12.9. The van der Waals surface area contributed by atoms with Gasteiger partial charge in [0.2, 0.25) is 0 Å². The molecule has 1 aromatic carbocycles. The van der Waals surface area contributed by atoms with Gasteiger partial charge >= 0.3 is 0 Å². The van der Waals surface area contributed by atoms with E-state index < -0.39 is 0 Å². The van der Waals surface area contributed by atoms with Gasteiger partial charge in [-0.05, 0) is 60.7 Å². The quantitative estimate of drug-likeness (QED) is 0.528. The van der Waals surface area contributed by atoms with Crippen LogP contribution in [0.1, 0.15) is 10.4 Å². The van der Waals surface area contributed by atoms with Crippen molar-refractivity contribution in [3.05, 3.63) is 91.0 Å². The van der Waals surface area contributed by atoms with Crippen LogP contribution in [0.15, 0.2) is 85.5 Å². The van der Waals surface area contributed by atoms with Crippen molar-refractivity contribution < 1.29 is 4.79 Å². The number of hydrogen-bond acceptors (Lipinski definition) is 6. The summed E-state index contributed by atoms with van der Waals surface area (Å²) in [5, 5.41) is 11.8. The van der Waals surface area contributed by atoms with Crippen molar-refractivity contribution in [2.24, 2.45) is 0 Å². The first-order valence-electron chi connectivity index (χ1n) is 10.5. The molecule has 1 fully saturated rings. The Labute approximate surface area is 186 Å². The van der Waals surface area contributed by atoms with E-state index >= 15 is 0 Å². The SMILES string of the molecule is O=C(c1ccc(-n2cccc2)cc1)N1CCN(c2ccc(Nc3ccncc3)nn2)CC1. The zero-order valence-corrected chi connectivity index (χ0v) is 17.5. The number of amides is 1. The predicted octanol–water partition coefficient (Wildman–Crippen LogP) is 3.37. The average molecular weight is 425 g/mol. The molecule has 0 atom stereocenters. The molecule has 0 saturated carbocycles. The minimum atomic E-state index is 0.0617. The van der Waals surface area contributed by atoms with E-state index in [0.717, 1.165) is 30.3 Å². The maximum atomic E-state index is 12.9. The van der Waals surface area contributed by atoms with E-state index in [1.807, 2.05) is 82.5 Å². The van der Waals surface area contributed by atoms with Crippen molar-refractivity contribution in [3.63, 3.8) is 0 Å². The number of hydrogen-bond donors (Lipinski definition) is 1. The zero-order valence-electron chi connectivity index (χ0n) is 17.5. The highest BCUT2D eigenvalue weighted by Gasteiger charge is 2.23. The first kappa shape index (κ1) is 19.7. The Balaban J connectivity index is 1.17. The van der Waals surface area contributed by atoms with Gasteiger partial charge in [0.1, 0.15) is 0 Å². The fraction of sp³-hybridized carbons (Fsp3) is 0.167. The Hall–Kier alpha value is -4.20. The summed E-state index contributed by atoms with van der Waals surface area (Å²) in [6.07, 6.45) is 7.42. The number of carbonyl (C=O) groups is 1. The molecule has 0 bridgehead atoms. The molecule has 0 unspecified atom stereocenters. The van der Waals surface area contributed by atoms with Crippen LogP contribution in [0.25, 0.3) is 5.69 Å². The van der Waals surface area contributed by atoms with Crippen LogP contribution in [-0.4, -0.2) is 56.7 Å². The Morgan fingerprint density at radius 2 is 1.53 bits per heavy atom. The number of nitrogens with zero attached hydrogens (tertiary/aromatic N) is 6. The molecular formula is C24H23N7O. The van der Waals surface area contributed by atoms with Crippen molar-refractivity contribution in [2.45, 2.75) is 0 Å². The minimum Gasteiger partial charge on any atom is -0.352 e. The summed E-state index contributed by atoms with van der Waals surface area (Å²) >= 11 is 0. The Morgan fingerprint density at radius 3 is 2.19 bits per heavy atom. The molecule has 1 aliphatic rings. The number of anilines is 3.